The van der Waals surface area contributed by atoms with Crippen molar-refractivity contribution in [2.75, 3.05) is 11.9 Å². The van der Waals surface area contributed by atoms with Crippen molar-refractivity contribution in [3.05, 3.63) is 64.5 Å². The van der Waals surface area contributed by atoms with E-state index >= 15 is 0 Å². The third-order valence-electron chi connectivity index (χ3n) is 4.32. The topological polar surface area (TPSA) is 59.2 Å². The summed E-state index contributed by atoms with van der Waals surface area (Å²) in [6, 6.07) is 13.4. The van der Waals surface area contributed by atoms with E-state index in [1.165, 1.54) is 0 Å². The van der Waals surface area contributed by atoms with Gasteiger partial charge in [-0.1, -0.05) is 22.8 Å². The van der Waals surface area contributed by atoms with Crippen molar-refractivity contribution in [1.29, 1.82) is 0 Å². The second-order valence-corrected chi connectivity index (χ2v) is 7.11. The largest absolute Gasteiger partial charge is 0.339 e. The molecule has 27 heavy (non-hydrogen) atoms. The Morgan fingerprint density at radius 3 is 2.44 bits per heavy atom. The highest BCUT2D eigenvalue weighted by Crippen LogP contribution is 2.20. The Kier molecular flexibility index (Phi) is 5.91. The van der Waals surface area contributed by atoms with Crippen LogP contribution in [0.1, 0.15) is 29.9 Å². The molecule has 0 unspecified atom stereocenters. The zero-order chi connectivity index (χ0) is 19.4. The fourth-order valence-corrected chi connectivity index (χ4v) is 3.05. The van der Waals surface area contributed by atoms with Crippen molar-refractivity contribution in [2.45, 2.75) is 33.1 Å². The molecule has 3 rings (SSSR count). The summed E-state index contributed by atoms with van der Waals surface area (Å²) >= 11 is 5.89. The van der Waals surface area contributed by atoms with Crippen LogP contribution in [0.15, 0.2) is 47.0 Å². The maximum atomic E-state index is 12.5. The van der Waals surface area contributed by atoms with Gasteiger partial charge in [0.05, 0.1) is 0 Å². The van der Waals surface area contributed by atoms with Crippen LogP contribution in [-0.2, 0) is 11.2 Å². The summed E-state index contributed by atoms with van der Waals surface area (Å²) in [6.45, 7) is 4.06. The highest BCUT2D eigenvalue weighted by molar-refractivity contribution is 6.30. The van der Waals surface area contributed by atoms with E-state index < -0.39 is 0 Å². The molecule has 3 aromatic rings. The van der Waals surface area contributed by atoms with Gasteiger partial charge in [-0.3, -0.25) is 4.79 Å². The van der Waals surface area contributed by atoms with Crippen LogP contribution in [0.4, 0.5) is 5.69 Å². The fraction of sp³-hybridized carbons (Fsp3) is 0.286. The number of aromatic nitrogens is 2. The van der Waals surface area contributed by atoms with Crippen molar-refractivity contribution in [1.82, 2.24) is 10.1 Å². The van der Waals surface area contributed by atoms with Crippen LogP contribution in [0, 0.1) is 13.8 Å². The Morgan fingerprint density at radius 1 is 1.11 bits per heavy atom. The smallest absolute Gasteiger partial charge is 0.226 e. The van der Waals surface area contributed by atoms with Gasteiger partial charge in [-0.15, -0.1) is 0 Å². The Hall–Kier alpha value is -2.66. The van der Waals surface area contributed by atoms with Crippen LogP contribution in [0.2, 0.25) is 5.02 Å². The summed E-state index contributed by atoms with van der Waals surface area (Å²) in [6.07, 6.45) is 1.63. The number of anilines is 1. The minimum atomic E-state index is 0.0671. The van der Waals surface area contributed by atoms with E-state index in [4.69, 9.17) is 16.1 Å². The van der Waals surface area contributed by atoms with Crippen molar-refractivity contribution < 1.29 is 9.32 Å². The van der Waals surface area contributed by atoms with Crippen molar-refractivity contribution in [3.8, 4) is 11.4 Å². The number of carbonyl (C=O) groups excluding carboxylic acids is 1. The van der Waals surface area contributed by atoms with Gasteiger partial charge in [-0.05, 0) is 67.8 Å². The van der Waals surface area contributed by atoms with Crippen LogP contribution in [0.5, 0.6) is 0 Å². The fourth-order valence-electron chi connectivity index (χ4n) is 2.92. The molecule has 1 aromatic heterocycles. The number of hydrogen-bond acceptors (Lipinski definition) is 4. The summed E-state index contributed by atoms with van der Waals surface area (Å²) in [5.41, 5.74) is 4.05. The first kappa shape index (κ1) is 19.1. The maximum absolute atomic E-state index is 12.5. The van der Waals surface area contributed by atoms with E-state index in [2.05, 4.69) is 16.2 Å². The molecule has 0 aliphatic heterocycles. The predicted molar refractivity (Wildman–Crippen MR) is 107 cm³/mol. The lowest BCUT2D eigenvalue weighted by molar-refractivity contribution is -0.118. The molecule has 0 radical (unpaired) electrons. The molecule has 1 amide bonds. The first-order valence-electron chi connectivity index (χ1n) is 8.86. The second kappa shape index (κ2) is 8.35. The van der Waals surface area contributed by atoms with Crippen LogP contribution >= 0.6 is 11.6 Å². The highest BCUT2D eigenvalue weighted by Gasteiger charge is 2.13. The lowest BCUT2D eigenvalue weighted by Crippen LogP contribution is -2.26. The number of rotatable bonds is 6. The van der Waals surface area contributed by atoms with E-state index in [1.807, 2.05) is 45.2 Å². The average molecular weight is 384 g/mol. The van der Waals surface area contributed by atoms with Gasteiger partial charge >= 0.3 is 0 Å². The van der Waals surface area contributed by atoms with E-state index in [9.17, 15) is 4.79 Å². The number of aryl methyl sites for hydroxylation is 3. The Morgan fingerprint density at radius 2 is 1.78 bits per heavy atom. The molecule has 5 nitrogen and oxygen atoms in total. The van der Waals surface area contributed by atoms with E-state index in [1.54, 1.807) is 17.0 Å². The van der Waals surface area contributed by atoms with Gasteiger partial charge in [0, 0.05) is 36.2 Å². The molecule has 1 heterocycles. The number of benzene rings is 2. The molecule has 0 spiro atoms. The molecule has 0 saturated carbocycles. The summed E-state index contributed by atoms with van der Waals surface area (Å²) in [5.74, 6) is 1.12. The number of amides is 1. The Bertz CT molecular complexity index is 915. The van der Waals surface area contributed by atoms with Crippen molar-refractivity contribution >= 4 is 23.2 Å². The minimum absolute atomic E-state index is 0.0671. The number of nitrogens with zero attached hydrogens (tertiary/aromatic N) is 3. The molecular weight excluding hydrogens is 362 g/mol. The van der Waals surface area contributed by atoms with Crippen molar-refractivity contribution in [2.24, 2.45) is 0 Å². The van der Waals surface area contributed by atoms with Gasteiger partial charge < -0.3 is 9.42 Å². The molecule has 0 bridgehead atoms. The summed E-state index contributed by atoms with van der Waals surface area (Å²) < 4.78 is 5.29. The zero-order valence-corrected chi connectivity index (χ0v) is 16.5. The predicted octanol–water partition coefficient (Wildman–Crippen LogP) is 4.99. The summed E-state index contributed by atoms with van der Waals surface area (Å²) in [5, 5.41) is 4.65. The molecular formula is C21H22ClN3O2. The lowest BCUT2D eigenvalue weighted by atomic mass is 10.1. The van der Waals surface area contributed by atoms with Crippen LogP contribution in [-0.4, -0.2) is 23.1 Å². The third kappa shape index (κ3) is 4.95. The molecule has 6 heteroatoms. The van der Waals surface area contributed by atoms with Gasteiger partial charge in [0.2, 0.25) is 17.6 Å². The van der Waals surface area contributed by atoms with Crippen LogP contribution < -0.4 is 4.90 Å². The van der Waals surface area contributed by atoms with Gasteiger partial charge in [0.15, 0.2) is 0 Å². The van der Waals surface area contributed by atoms with E-state index in [-0.39, 0.29) is 5.91 Å². The first-order valence-corrected chi connectivity index (χ1v) is 9.23. The first-order chi connectivity index (χ1) is 12.9. The Labute approximate surface area is 164 Å². The molecule has 0 N–H and O–H groups in total. The molecule has 0 aliphatic rings. The molecule has 2 aromatic carbocycles. The molecule has 140 valence electrons. The van der Waals surface area contributed by atoms with Gasteiger partial charge in [-0.25, -0.2) is 0 Å². The Balaban J connectivity index is 1.55. The van der Waals surface area contributed by atoms with Crippen molar-refractivity contribution in [3.63, 3.8) is 0 Å². The quantitative estimate of drug-likeness (QED) is 0.601. The van der Waals surface area contributed by atoms with Gasteiger partial charge in [-0.2, -0.15) is 4.98 Å². The van der Waals surface area contributed by atoms with E-state index in [0.29, 0.717) is 36.0 Å². The minimum Gasteiger partial charge on any atom is -0.339 e. The molecule has 0 fully saturated rings. The maximum Gasteiger partial charge on any atom is 0.226 e. The number of halogens is 1. The molecule has 0 saturated heterocycles. The monoisotopic (exact) mass is 383 g/mol. The van der Waals surface area contributed by atoms with E-state index in [0.717, 1.165) is 22.4 Å². The second-order valence-electron chi connectivity index (χ2n) is 6.67. The standard InChI is InChI=1S/C21H22ClN3O2/c1-14-11-15(2)13-18(12-14)25(3)20(26)6-4-5-19-23-21(24-27-19)16-7-9-17(22)10-8-16/h7-13H,4-6H2,1-3H3. The lowest BCUT2D eigenvalue weighted by Gasteiger charge is -2.18. The third-order valence-corrected chi connectivity index (χ3v) is 4.57. The zero-order valence-electron chi connectivity index (χ0n) is 15.7. The van der Waals surface area contributed by atoms with Crippen LogP contribution in [0.3, 0.4) is 0 Å². The average Bonchev–Trinajstić information content (AvgIpc) is 3.09. The van der Waals surface area contributed by atoms with Gasteiger partial charge in [0.25, 0.3) is 0 Å². The SMILES string of the molecule is Cc1cc(C)cc(N(C)C(=O)CCCc2nc(-c3ccc(Cl)cc3)no2)c1. The number of carbonyl (C=O) groups is 1. The highest BCUT2D eigenvalue weighted by atomic mass is 35.5. The normalized spacial score (nSPS) is 10.8. The number of hydrogen-bond donors (Lipinski definition) is 0. The molecule has 0 aliphatic carbocycles. The summed E-state index contributed by atoms with van der Waals surface area (Å²) in [4.78, 5) is 18.6. The summed E-state index contributed by atoms with van der Waals surface area (Å²) in [7, 11) is 1.81. The van der Waals surface area contributed by atoms with Gasteiger partial charge in [0.1, 0.15) is 0 Å². The molecule has 0 atom stereocenters. The van der Waals surface area contributed by atoms with Crippen LogP contribution in [0.25, 0.3) is 11.4 Å².